The SMILES string of the molecule is COC(C(=O)OC1CC(C)CCC1C(C)C)c1cccc(F)c1. The van der Waals surface area contributed by atoms with Gasteiger partial charge in [0.25, 0.3) is 0 Å². The van der Waals surface area contributed by atoms with Crippen molar-refractivity contribution in [1.29, 1.82) is 0 Å². The summed E-state index contributed by atoms with van der Waals surface area (Å²) in [5.41, 5.74) is 0.488. The third-order valence-electron chi connectivity index (χ3n) is 4.83. The van der Waals surface area contributed by atoms with Crippen LogP contribution in [0, 0.1) is 23.6 Å². The fourth-order valence-corrected chi connectivity index (χ4v) is 3.50. The number of rotatable bonds is 5. The fourth-order valence-electron chi connectivity index (χ4n) is 3.50. The molecule has 0 amide bonds. The van der Waals surface area contributed by atoms with Gasteiger partial charge in [0, 0.05) is 7.11 Å². The number of halogens is 1. The molecule has 1 aromatic carbocycles. The molecule has 4 atom stereocenters. The van der Waals surface area contributed by atoms with Crippen LogP contribution in [-0.4, -0.2) is 19.2 Å². The highest BCUT2D eigenvalue weighted by Gasteiger charge is 2.35. The molecule has 1 fully saturated rings. The number of carbonyl (C=O) groups excluding carboxylic acids is 1. The highest BCUT2D eigenvalue weighted by Crippen LogP contribution is 2.36. The molecule has 1 aliphatic carbocycles. The van der Waals surface area contributed by atoms with E-state index in [0.717, 1.165) is 12.8 Å². The van der Waals surface area contributed by atoms with Gasteiger partial charge in [0.05, 0.1) is 0 Å². The second kappa shape index (κ2) is 7.91. The molecule has 0 aromatic heterocycles. The van der Waals surface area contributed by atoms with Gasteiger partial charge in [-0.2, -0.15) is 0 Å². The highest BCUT2D eigenvalue weighted by atomic mass is 19.1. The Kier molecular flexibility index (Phi) is 6.17. The zero-order valence-corrected chi connectivity index (χ0v) is 14.4. The van der Waals surface area contributed by atoms with Crippen LogP contribution >= 0.6 is 0 Å². The molecule has 0 heterocycles. The second-order valence-electron chi connectivity index (χ2n) is 6.97. The predicted octanol–water partition coefficient (Wildman–Crippen LogP) is 4.52. The van der Waals surface area contributed by atoms with Gasteiger partial charge in [-0.05, 0) is 48.3 Å². The summed E-state index contributed by atoms with van der Waals surface area (Å²) in [5.74, 6) is 0.583. The molecular weight excluding hydrogens is 295 g/mol. The molecule has 1 aromatic rings. The van der Waals surface area contributed by atoms with E-state index >= 15 is 0 Å². The van der Waals surface area contributed by atoms with Gasteiger partial charge in [0.1, 0.15) is 11.9 Å². The summed E-state index contributed by atoms with van der Waals surface area (Å²) >= 11 is 0. The van der Waals surface area contributed by atoms with Gasteiger partial charge in [-0.3, -0.25) is 0 Å². The van der Waals surface area contributed by atoms with Gasteiger partial charge in [-0.25, -0.2) is 9.18 Å². The number of benzene rings is 1. The van der Waals surface area contributed by atoms with Crippen molar-refractivity contribution in [3.63, 3.8) is 0 Å². The number of hydrogen-bond acceptors (Lipinski definition) is 3. The topological polar surface area (TPSA) is 35.5 Å². The molecule has 0 N–H and O–H groups in total. The first-order chi connectivity index (χ1) is 10.9. The molecule has 0 spiro atoms. The summed E-state index contributed by atoms with van der Waals surface area (Å²) < 4.78 is 24.5. The van der Waals surface area contributed by atoms with E-state index in [1.807, 2.05) is 0 Å². The first-order valence-corrected chi connectivity index (χ1v) is 8.41. The van der Waals surface area contributed by atoms with Crippen molar-refractivity contribution in [2.75, 3.05) is 7.11 Å². The lowest BCUT2D eigenvalue weighted by Gasteiger charge is -2.37. The lowest BCUT2D eigenvalue weighted by atomic mass is 9.75. The Balaban J connectivity index is 2.11. The maximum Gasteiger partial charge on any atom is 0.340 e. The van der Waals surface area contributed by atoms with E-state index in [0.29, 0.717) is 23.3 Å². The quantitative estimate of drug-likeness (QED) is 0.748. The number of carbonyl (C=O) groups is 1. The minimum absolute atomic E-state index is 0.0857. The predicted molar refractivity (Wildman–Crippen MR) is 87.4 cm³/mol. The molecule has 23 heavy (non-hydrogen) atoms. The standard InChI is InChI=1S/C19H27FO3/c1-12(2)16-9-8-13(3)10-17(16)23-19(21)18(22-4)14-6-5-7-15(20)11-14/h5-7,11-13,16-18H,8-10H2,1-4H3. The van der Waals surface area contributed by atoms with Crippen LogP contribution in [-0.2, 0) is 14.3 Å². The van der Waals surface area contributed by atoms with Gasteiger partial charge >= 0.3 is 5.97 Å². The van der Waals surface area contributed by atoms with Crippen LogP contribution in [0.4, 0.5) is 4.39 Å². The van der Waals surface area contributed by atoms with Crippen LogP contribution in [0.5, 0.6) is 0 Å². The van der Waals surface area contributed by atoms with Crippen molar-refractivity contribution in [2.24, 2.45) is 17.8 Å². The monoisotopic (exact) mass is 322 g/mol. The third-order valence-corrected chi connectivity index (χ3v) is 4.83. The molecule has 3 nitrogen and oxygen atoms in total. The minimum atomic E-state index is -0.879. The van der Waals surface area contributed by atoms with E-state index < -0.39 is 12.1 Å². The first kappa shape index (κ1) is 17.9. The lowest BCUT2D eigenvalue weighted by molar-refractivity contribution is -0.168. The summed E-state index contributed by atoms with van der Waals surface area (Å²) in [7, 11) is 1.44. The van der Waals surface area contributed by atoms with Crippen LogP contribution in [0.3, 0.4) is 0 Å². The Morgan fingerprint density at radius 1 is 1.30 bits per heavy atom. The Morgan fingerprint density at radius 2 is 2.04 bits per heavy atom. The molecule has 2 rings (SSSR count). The zero-order chi connectivity index (χ0) is 17.0. The van der Waals surface area contributed by atoms with E-state index in [2.05, 4.69) is 20.8 Å². The van der Waals surface area contributed by atoms with Crippen molar-refractivity contribution in [3.05, 3.63) is 35.6 Å². The van der Waals surface area contributed by atoms with E-state index in [1.54, 1.807) is 12.1 Å². The Morgan fingerprint density at radius 3 is 2.65 bits per heavy atom. The van der Waals surface area contributed by atoms with Crippen LogP contribution in [0.2, 0.25) is 0 Å². The average Bonchev–Trinajstić information content (AvgIpc) is 2.47. The van der Waals surface area contributed by atoms with Gasteiger partial charge in [-0.15, -0.1) is 0 Å². The number of methoxy groups -OCH3 is 1. The van der Waals surface area contributed by atoms with Gasteiger partial charge in [0.2, 0.25) is 0 Å². The molecule has 0 aliphatic heterocycles. The van der Waals surface area contributed by atoms with Crippen LogP contribution in [0.25, 0.3) is 0 Å². The van der Waals surface area contributed by atoms with Gasteiger partial charge < -0.3 is 9.47 Å². The van der Waals surface area contributed by atoms with E-state index in [1.165, 1.54) is 25.7 Å². The average molecular weight is 322 g/mol. The highest BCUT2D eigenvalue weighted by molar-refractivity contribution is 5.76. The Bertz CT molecular complexity index is 529. The molecule has 0 saturated heterocycles. The molecule has 1 saturated carbocycles. The molecule has 1 aliphatic rings. The van der Waals surface area contributed by atoms with Crippen molar-refractivity contribution < 1.29 is 18.7 Å². The van der Waals surface area contributed by atoms with Crippen LogP contribution in [0.1, 0.15) is 51.7 Å². The fraction of sp³-hybridized carbons (Fsp3) is 0.632. The van der Waals surface area contributed by atoms with Crippen LogP contribution in [0.15, 0.2) is 24.3 Å². The lowest BCUT2D eigenvalue weighted by Crippen LogP contribution is -2.37. The molecular formula is C19H27FO3. The summed E-state index contributed by atoms with van der Waals surface area (Å²) in [6.07, 6.45) is 2.17. The van der Waals surface area contributed by atoms with Crippen molar-refractivity contribution in [2.45, 2.75) is 52.2 Å². The van der Waals surface area contributed by atoms with Gasteiger partial charge in [-0.1, -0.05) is 39.3 Å². The van der Waals surface area contributed by atoms with Crippen molar-refractivity contribution >= 4 is 5.97 Å². The van der Waals surface area contributed by atoms with Crippen molar-refractivity contribution in [1.82, 2.24) is 0 Å². The molecule has 0 bridgehead atoms. The van der Waals surface area contributed by atoms with Crippen LogP contribution < -0.4 is 0 Å². The zero-order valence-electron chi connectivity index (χ0n) is 14.4. The van der Waals surface area contributed by atoms with E-state index in [-0.39, 0.29) is 11.9 Å². The van der Waals surface area contributed by atoms with Gasteiger partial charge in [0.15, 0.2) is 6.10 Å². The summed E-state index contributed by atoms with van der Waals surface area (Å²) in [5, 5.41) is 0. The normalized spacial score (nSPS) is 26.1. The Hall–Kier alpha value is -1.42. The molecule has 4 unspecified atom stereocenters. The molecule has 4 heteroatoms. The van der Waals surface area contributed by atoms with E-state index in [9.17, 15) is 9.18 Å². The summed E-state index contributed by atoms with van der Waals surface area (Å²) in [4.78, 5) is 12.6. The van der Waals surface area contributed by atoms with Crippen molar-refractivity contribution in [3.8, 4) is 0 Å². The largest absolute Gasteiger partial charge is 0.460 e. The third kappa shape index (κ3) is 4.54. The number of esters is 1. The number of ether oxygens (including phenoxy) is 2. The maximum absolute atomic E-state index is 13.4. The smallest absolute Gasteiger partial charge is 0.340 e. The molecule has 128 valence electrons. The second-order valence-corrected chi connectivity index (χ2v) is 6.97. The summed E-state index contributed by atoms with van der Waals surface area (Å²) in [6, 6.07) is 5.92. The maximum atomic E-state index is 13.4. The first-order valence-electron chi connectivity index (χ1n) is 8.41. The molecule has 0 radical (unpaired) electrons. The number of hydrogen-bond donors (Lipinski definition) is 0. The minimum Gasteiger partial charge on any atom is -0.460 e. The Labute approximate surface area is 138 Å². The van der Waals surface area contributed by atoms with E-state index in [4.69, 9.17) is 9.47 Å². The summed E-state index contributed by atoms with van der Waals surface area (Å²) in [6.45, 7) is 6.53.